The molecule has 2 heterocycles. The molecular weight excluding hydrogens is 335 g/mol. The minimum absolute atomic E-state index is 0.104. The fourth-order valence-electron chi connectivity index (χ4n) is 3.24. The highest BCUT2D eigenvalue weighted by Gasteiger charge is 2.25. The molecule has 1 aliphatic heterocycles. The van der Waals surface area contributed by atoms with E-state index in [1.165, 1.54) is 12.1 Å². The number of likely N-dealkylation sites (tertiary alicyclic amines) is 1. The van der Waals surface area contributed by atoms with Crippen molar-refractivity contribution in [1.82, 2.24) is 14.7 Å². The van der Waals surface area contributed by atoms with E-state index in [1.54, 1.807) is 23.0 Å². The Bertz CT molecular complexity index is 764. The van der Waals surface area contributed by atoms with E-state index < -0.39 is 0 Å². The number of nitrogens with zero attached hydrogens (tertiary/aromatic N) is 3. The number of hydrogen-bond acceptors (Lipinski definition) is 3. The van der Waals surface area contributed by atoms with Gasteiger partial charge in [0.1, 0.15) is 5.82 Å². The molecule has 1 saturated heterocycles. The summed E-state index contributed by atoms with van der Waals surface area (Å²) in [6.07, 6.45) is 6.09. The number of amides is 2. The Kier molecular flexibility index (Phi) is 5.65. The van der Waals surface area contributed by atoms with Crippen LogP contribution in [0, 0.1) is 11.7 Å². The van der Waals surface area contributed by atoms with Crippen molar-refractivity contribution in [1.29, 1.82) is 0 Å². The van der Waals surface area contributed by atoms with Gasteiger partial charge in [-0.25, -0.2) is 4.39 Å². The Morgan fingerprint density at radius 3 is 2.50 bits per heavy atom. The normalized spacial score (nSPS) is 15.2. The van der Waals surface area contributed by atoms with Crippen molar-refractivity contribution >= 4 is 11.8 Å². The Balaban J connectivity index is 1.44. The smallest absolute Gasteiger partial charge is 0.222 e. The molecule has 1 aliphatic rings. The van der Waals surface area contributed by atoms with Crippen molar-refractivity contribution in [3.05, 3.63) is 42.5 Å². The highest BCUT2D eigenvalue weighted by Crippen LogP contribution is 2.20. The second-order valence-corrected chi connectivity index (χ2v) is 6.66. The first kappa shape index (κ1) is 18.1. The molecule has 0 atom stereocenters. The van der Waals surface area contributed by atoms with Crippen LogP contribution in [0.2, 0.25) is 0 Å². The minimum atomic E-state index is -0.271. The largest absolute Gasteiger partial charge is 0.369 e. The summed E-state index contributed by atoms with van der Waals surface area (Å²) in [6, 6.07) is 6.28. The summed E-state index contributed by atoms with van der Waals surface area (Å²) >= 11 is 0. The van der Waals surface area contributed by atoms with Gasteiger partial charge < -0.3 is 10.6 Å². The summed E-state index contributed by atoms with van der Waals surface area (Å²) in [6.45, 7) is 1.84. The fourth-order valence-corrected chi connectivity index (χ4v) is 3.24. The van der Waals surface area contributed by atoms with Crippen LogP contribution in [0.5, 0.6) is 0 Å². The molecule has 7 heteroatoms. The summed E-state index contributed by atoms with van der Waals surface area (Å²) in [5, 5.41) is 4.30. The molecule has 3 rings (SSSR count). The molecule has 0 radical (unpaired) electrons. The molecule has 1 aromatic heterocycles. The zero-order chi connectivity index (χ0) is 18.5. The zero-order valence-corrected chi connectivity index (χ0v) is 14.6. The summed E-state index contributed by atoms with van der Waals surface area (Å²) < 4.78 is 14.8. The Morgan fingerprint density at radius 2 is 1.85 bits per heavy atom. The second-order valence-electron chi connectivity index (χ2n) is 6.66. The molecule has 2 amide bonds. The van der Waals surface area contributed by atoms with Crippen LogP contribution in [0.1, 0.15) is 25.7 Å². The third-order valence-corrected chi connectivity index (χ3v) is 4.84. The van der Waals surface area contributed by atoms with Gasteiger partial charge in [0.15, 0.2) is 0 Å². The minimum Gasteiger partial charge on any atom is -0.369 e. The van der Waals surface area contributed by atoms with Gasteiger partial charge in [-0.3, -0.25) is 14.3 Å². The number of rotatable bonds is 6. The lowest BCUT2D eigenvalue weighted by molar-refractivity contribution is -0.135. The van der Waals surface area contributed by atoms with Gasteiger partial charge in [0, 0.05) is 43.7 Å². The van der Waals surface area contributed by atoms with Crippen LogP contribution in [-0.2, 0) is 16.1 Å². The van der Waals surface area contributed by atoms with Crippen LogP contribution in [0.15, 0.2) is 36.7 Å². The van der Waals surface area contributed by atoms with E-state index in [9.17, 15) is 14.0 Å². The maximum Gasteiger partial charge on any atom is 0.222 e. The molecule has 2 N–H and O–H groups in total. The van der Waals surface area contributed by atoms with Crippen LogP contribution in [0.3, 0.4) is 0 Å². The first-order valence-electron chi connectivity index (χ1n) is 8.88. The molecule has 138 valence electrons. The maximum atomic E-state index is 13.0. The number of hydrogen-bond donors (Lipinski definition) is 1. The summed E-state index contributed by atoms with van der Waals surface area (Å²) in [5.41, 5.74) is 7.14. The van der Waals surface area contributed by atoms with Crippen LogP contribution < -0.4 is 5.73 Å². The molecule has 1 fully saturated rings. The maximum absolute atomic E-state index is 13.0. The first-order valence-corrected chi connectivity index (χ1v) is 8.88. The Labute approximate surface area is 151 Å². The van der Waals surface area contributed by atoms with Gasteiger partial charge in [0.25, 0.3) is 0 Å². The molecule has 0 spiro atoms. The predicted molar refractivity (Wildman–Crippen MR) is 95.4 cm³/mol. The van der Waals surface area contributed by atoms with Crippen molar-refractivity contribution in [2.24, 2.45) is 11.7 Å². The Hall–Kier alpha value is -2.70. The van der Waals surface area contributed by atoms with E-state index >= 15 is 0 Å². The van der Waals surface area contributed by atoms with Crippen LogP contribution in [0.4, 0.5) is 4.39 Å². The highest BCUT2D eigenvalue weighted by atomic mass is 19.1. The van der Waals surface area contributed by atoms with E-state index in [-0.39, 0.29) is 23.5 Å². The van der Waals surface area contributed by atoms with Crippen molar-refractivity contribution in [3.63, 3.8) is 0 Å². The number of primary amides is 1. The van der Waals surface area contributed by atoms with Crippen molar-refractivity contribution in [2.75, 3.05) is 13.1 Å². The van der Waals surface area contributed by atoms with Gasteiger partial charge in [-0.1, -0.05) is 12.1 Å². The molecule has 0 saturated carbocycles. The number of benzene rings is 1. The standard InChI is InChI=1S/C19H23FN4O2/c20-17-5-3-14(4-6-17)16-12-22-24(13-16)9-1-2-18(25)23-10-7-15(8-11-23)19(21)26/h3-6,12-13,15H,1-2,7-11H2,(H2,21,26). The number of nitrogens with two attached hydrogens (primary N) is 1. The number of carbonyl (C=O) groups excluding carboxylic acids is 2. The molecule has 1 aromatic carbocycles. The number of carbonyl (C=O) groups is 2. The number of aromatic nitrogens is 2. The van der Waals surface area contributed by atoms with Crippen molar-refractivity contribution < 1.29 is 14.0 Å². The molecule has 2 aromatic rings. The van der Waals surface area contributed by atoms with E-state index in [2.05, 4.69) is 5.10 Å². The van der Waals surface area contributed by atoms with Crippen molar-refractivity contribution in [3.8, 4) is 11.1 Å². The Morgan fingerprint density at radius 1 is 1.15 bits per heavy atom. The summed E-state index contributed by atoms with van der Waals surface area (Å²) in [7, 11) is 0. The summed E-state index contributed by atoms with van der Waals surface area (Å²) in [4.78, 5) is 25.3. The number of aryl methyl sites for hydroxylation is 1. The molecule has 0 bridgehead atoms. The predicted octanol–water partition coefficient (Wildman–Crippen LogP) is 2.19. The van der Waals surface area contributed by atoms with Crippen LogP contribution in [0.25, 0.3) is 11.1 Å². The molecule has 26 heavy (non-hydrogen) atoms. The van der Waals surface area contributed by atoms with Gasteiger partial charge in [0.2, 0.25) is 11.8 Å². The molecule has 0 unspecified atom stereocenters. The summed E-state index contributed by atoms with van der Waals surface area (Å²) in [5.74, 6) is -0.529. The zero-order valence-electron chi connectivity index (χ0n) is 14.6. The monoisotopic (exact) mass is 358 g/mol. The van der Waals surface area contributed by atoms with Crippen molar-refractivity contribution in [2.45, 2.75) is 32.2 Å². The van der Waals surface area contributed by atoms with E-state index in [1.807, 2.05) is 11.1 Å². The van der Waals surface area contributed by atoms with Gasteiger partial charge in [-0.2, -0.15) is 5.10 Å². The van der Waals surface area contributed by atoms with E-state index in [0.717, 1.165) is 11.1 Å². The third-order valence-electron chi connectivity index (χ3n) is 4.84. The quantitative estimate of drug-likeness (QED) is 0.859. The van der Waals surface area contributed by atoms with Gasteiger partial charge in [0.05, 0.1) is 6.20 Å². The average molecular weight is 358 g/mol. The fraction of sp³-hybridized carbons (Fsp3) is 0.421. The lowest BCUT2D eigenvalue weighted by atomic mass is 9.96. The highest BCUT2D eigenvalue weighted by molar-refractivity contribution is 5.78. The lowest BCUT2D eigenvalue weighted by Crippen LogP contribution is -2.41. The molecular formula is C19H23FN4O2. The van der Waals surface area contributed by atoms with Crippen LogP contribution in [-0.4, -0.2) is 39.6 Å². The second kappa shape index (κ2) is 8.12. The van der Waals surface area contributed by atoms with E-state index in [4.69, 9.17) is 5.73 Å². The van der Waals surface area contributed by atoms with Gasteiger partial charge in [-0.15, -0.1) is 0 Å². The van der Waals surface area contributed by atoms with E-state index in [0.29, 0.717) is 45.3 Å². The first-order chi connectivity index (χ1) is 12.5. The van der Waals surface area contributed by atoms with Crippen LogP contribution >= 0.6 is 0 Å². The number of halogens is 1. The van der Waals surface area contributed by atoms with Gasteiger partial charge in [-0.05, 0) is 37.0 Å². The van der Waals surface area contributed by atoms with Gasteiger partial charge >= 0.3 is 0 Å². The third kappa shape index (κ3) is 4.47. The molecule has 0 aliphatic carbocycles. The average Bonchev–Trinajstić information content (AvgIpc) is 3.11. The molecule has 6 nitrogen and oxygen atoms in total. The topological polar surface area (TPSA) is 81.2 Å². The SMILES string of the molecule is NC(=O)C1CCN(C(=O)CCCn2cc(-c3ccc(F)cc3)cn2)CC1. The number of piperidine rings is 1. The lowest BCUT2D eigenvalue weighted by Gasteiger charge is -2.30.